The summed E-state index contributed by atoms with van der Waals surface area (Å²) in [6.45, 7) is 0. The smallest absolute Gasteiger partial charge is 0.166 e. The Labute approximate surface area is 75.8 Å². The molecule has 0 aliphatic carbocycles. The third-order valence-corrected chi connectivity index (χ3v) is 1.94. The van der Waals surface area contributed by atoms with Gasteiger partial charge in [-0.3, -0.25) is 4.79 Å². The monoisotopic (exact) mass is 174 g/mol. The van der Waals surface area contributed by atoms with E-state index in [0.29, 0.717) is 5.69 Å². The lowest BCUT2D eigenvalue weighted by atomic mass is 10.2. The van der Waals surface area contributed by atoms with Gasteiger partial charge < -0.3 is 9.97 Å². The highest BCUT2D eigenvalue weighted by molar-refractivity contribution is 5.72. The highest BCUT2D eigenvalue weighted by atomic mass is 16.1. The van der Waals surface area contributed by atoms with Crippen molar-refractivity contribution in [2.45, 2.75) is 6.42 Å². The van der Waals surface area contributed by atoms with E-state index in [0.717, 1.165) is 24.1 Å². The molecule has 2 aromatic heterocycles. The van der Waals surface area contributed by atoms with Crippen molar-refractivity contribution in [3.8, 4) is 0 Å². The Morgan fingerprint density at radius 2 is 2.15 bits per heavy atom. The van der Waals surface area contributed by atoms with Gasteiger partial charge in [0.2, 0.25) is 0 Å². The van der Waals surface area contributed by atoms with Crippen LogP contribution in [0.4, 0.5) is 0 Å². The number of aldehydes is 1. The fraction of sp³-hybridized carbons (Fsp3) is 0.100. The van der Waals surface area contributed by atoms with Crippen molar-refractivity contribution in [3.63, 3.8) is 0 Å². The van der Waals surface area contributed by atoms with E-state index in [1.165, 1.54) is 0 Å². The summed E-state index contributed by atoms with van der Waals surface area (Å²) in [5.74, 6) is 0. The van der Waals surface area contributed by atoms with Crippen LogP contribution in [0.2, 0.25) is 0 Å². The second-order valence-electron chi connectivity index (χ2n) is 2.93. The highest BCUT2D eigenvalue weighted by Crippen LogP contribution is 2.06. The third-order valence-electron chi connectivity index (χ3n) is 1.94. The molecule has 0 aromatic carbocycles. The number of hydrogen-bond acceptors (Lipinski definition) is 1. The Bertz CT molecular complexity index is 387. The molecule has 0 fully saturated rings. The lowest BCUT2D eigenvalue weighted by Crippen LogP contribution is -1.88. The van der Waals surface area contributed by atoms with E-state index in [-0.39, 0.29) is 0 Å². The Hall–Kier alpha value is -1.77. The number of nitrogens with one attached hydrogen (secondary N) is 2. The largest absolute Gasteiger partial charge is 0.365 e. The predicted molar refractivity (Wildman–Crippen MR) is 49.8 cm³/mol. The molecule has 0 bridgehead atoms. The Balaban J connectivity index is 2.14. The minimum atomic E-state index is 0.626. The van der Waals surface area contributed by atoms with Crippen molar-refractivity contribution in [1.82, 2.24) is 9.97 Å². The van der Waals surface area contributed by atoms with Gasteiger partial charge in [0, 0.05) is 24.0 Å². The maximum Gasteiger partial charge on any atom is 0.166 e. The van der Waals surface area contributed by atoms with Crippen molar-refractivity contribution >= 4 is 6.29 Å². The van der Waals surface area contributed by atoms with Crippen LogP contribution < -0.4 is 0 Å². The first-order valence-corrected chi connectivity index (χ1v) is 4.14. The van der Waals surface area contributed by atoms with E-state index in [4.69, 9.17) is 0 Å². The number of hydrogen-bond donors (Lipinski definition) is 2. The molecule has 0 atom stereocenters. The van der Waals surface area contributed by atoms with E-state index < -0.39 is 0 Å². The molecule has 2 heterocycles. The van der Waals surface area contributed by atoms with Crippen molar-refractivity contribution in [1.29, 1.82) is 0 Å². The van der Waals surface area contributed by atoms with Crippen molar-refractivity contribution in [2.24, 2.45) is 0 Å². The molecule has 0 unspecified atom stereocenters. The summed E-state index contributed by atoms with van der Waals surface area (Å²) in [4.78, 5) is 16.5. The van der Waals surface area contributed by atoms with Crippen molar-refractivity contribution in [2.75, 3.05) is 0 Å². The zero-order chi connectivity index (χ0) is 9.10. The normalized spacial score (nSPS) is 10.2. The summed E-state index contributed by atoms with van der Waals surface area (Å²) in [6.07, 6.45) is 3.51. The molecule has 3 nitrogen and oxygen atoms in total. The lowest BCUT2D eigenvalue weighted by Gasteiger charge is -1.93. The van der Waals surface area contributed by atoms with Crippen LogP contribution in [0.15, 0.2) is 30.5 Å². The molecule has 0 spiro atoms. The van der Waals surface area contributed by atoms with Crippen LogP contribution in [-0.2, 0) is 6.42 Å². The van der Waals surface area contributed by atoms with Crippen LogP contribution in [0.5, 0.6) is 0 Å². The summed E-state index contributed by atoms with van der Waals surface area (Å²) < 4.78 is 0. The van der Waals surface area contributed by atoms with Gasteiger partial charge in [-0.05, 0) is 24.3 Å². The Morgan fingerprint density at radius 1 is 1.23 bits per heavy atom. The van der Waals surface area contributed by atoms with Gasteiger partial charge in [-0.1, -0.05) is 0 Å². The quantitative estimate of drug-likeness (QED) is 0.684. The van der Waals surface area contributed by atoms with Gasteiger partial charge in [0.1, 0.15) is 0 Å². The van der Waals surface area contributed by atoms with Crippen LogP contribution in [0, 0.1) is 0 Å². The molecule has 66 valence electrons. The van der Waals surface area contributed by atoms with Gasteiger partial charge >= 0.3 is 0 Å². The molecule has 2 aromatic rings. The van der Waals surface area contributed by atoms with Crippen LogP contribution in [0.1, 0.15) is 21.9 Å². The Kier molecular flexibility index (Phi) is 2.00. The minimum absolute atomic E-state index is 0.626. The van der Waals surface area contributed by atoms with Gasteiger partial charge in [0.25, 0.3) is 0 Å². The summed E-state index contributed by atoms with van der Waals surface area (Å²) in [6, 6.07) is 7.68. The fourth-order valence-corrected chi connectivity index (χ4v) is 1.31. The van der Waals surface area contributed by atoms with Gasteiger partial charge in [0.05, 0.1) is 5.69 Å². The topological polar surface area (TPSA) is 48.6 Å². The molecule has 2 rings (SSSR count). The first kappa shape index (κ1) is 7.86. The van der Waals surface area contributed by atoms with Crippen LogP contribution >= 0.6 is 0 Å². The van der Waals surface area contributed by atoms with E-state index >= 15 is 0 Å². The molecular weight excluding hydrogens is 164 g/mol. The summed E-state index contributed by atoms with van der Waals surface area (Å²) in [5.41, 5.74) is 2.81. The van der Waals surface area contributed by atoms with E-state index in [9.17, 15) is 4.79 Å². The third kappa shape index (κ3) is 1.69. The number of carbonyl (C=O) groups is 1. The fourth-order valence-electron chi connectivity index (χ4n) is 1.31. The summed E-state index contributed by atoms with van der Waals surface area (Å²) >= 11 is 0. The first-order chi connectivity index (χ1) is 6.38. The number of carbonyl (C=O) groups excluding carboxylic acids is 1. The van der Waals surface area contributed by atoms with Crippen LogP contribution in [0.25, 0.3) is 0 Å². The number of H-pyrrole nitrogens is 2. The van der Waals surface area contributed by atoms with Gasteiger partial charge in [-0.15, -0.1) is 0 Å². The maximum atomic E-state index is 10.4. The van der Waals surface area contributed by atoms with Gasteiger partial charge in [0.15, 0.2) is 6.29 Å². The number of rotatable bonds is 3. The van der Waals surface area contributed by atoms with Crippen LogP contribution in [0.3, 0.4) is 0 Å². The van der Waals surface area contributed by atoms with Gasteiger partial charge in [-0.25, -0.2) is 0 Å². The second-order valence-corrected chi connectivity index (χ2v) is 2.93. The number of aromatic amines is 2. The Morgan fingerprint density at radius 3 is 2.77 bits per heavy atom. The van der Waals surface area contributed by atoms with E-state index in [1.807, 2.05) is 24.4 Å². The molecule has 0 aliphatic heterocycles. The molecule has 0 amide bonds. The van der Waals surface area contributed by atoms with Gasteiger partial charge in [-0.2, -0.15) is 0 Å². The average Bonchev–Trinajstić information content (AvgIpc) is 2.76. The van der Waals surface area contributed by atoms with E-state index in [1.54, 1.807) is 6.07 Å². The minimum Gasteiger partial charge on any atom is -0.365 e. The van der Waals surface area contributed by atoms with Crippen molar-refractivity contribution in [3.05, 3.63) is 47.5 Å². The standard InChI is InChI=1S/C10H10N2O/c13-7-10-4-3-9(12-10)6-8-2-1-5-11-8/h1-5,7,11-12H,6H2. The zero-order valence-electron chi connectivity index (χ0n) is 7.08. The summed E-state index contributed by atoms with van der Waals surface area (Å²) in [5, 5.41) is 0. The number of aromatic nitrogens is 2. The molecule has 0 aliphatic rings. The second kappa shape index (κ2) is 3.31. The molecule has 0 radical (unpaired) electrons. The predicted octanol–water partition coefficient (Wildman–Crippen LogP) is 1.75. The highest BCUT2D eigenvalue weighted by Gasteiger charge is 1.99. The average molecular weight is 174 g/mol. The van der Waals surface area contributed by atoms with Crippen molar-refractivity contribution < 1.29 is 4.79 Å². The summed E-state index contributed by atoms with van der Waals surface area (Å²) in [7, 11) is 0. The zero-order valence-corrected chi connectivity index (χ0v) is 7.08. The molecular formula is C10H10N2O. The molecule has 0 saturated carbocycles. The maximum absolute atomic E-state index is 10.4. The molecule has 13 heavy (non-hydrogen) atoms. The molecule has 2 N–H and O–H groups in total. The SMILES string of the molecule is O=Cc1ccc(Cc2ccc[nH]2)[nH]1. The lowest BCUT2D eigenvalue weighted by molar-refractivity contribution is 0.111. The first-order valence-electron chi connectivity index (χ1n) is 4.14. The molecule has 0 saturated heterocycles. The van der Waals surface area contributed by atoms with E-state index in [2.05, 4.69) is 9.97 Å². The molecule has 3 heteroatoms. The van der Waals surface area contributed by atoms with Crippen LogP contribution in [-0.4, -0.2) is 16.3 Å².